The van der Waals surface area contributed by atoms with Crippen LogP contribution in [0.4, 0.5) is 0 Å². The Morgan fingerprint density at radius 1 is 1.05 bits per heavy atom. The highest BCUT2D eigenvalue weighted by atomic mass is 16.2. The molecule has 1 aromatic rings. The molecule has 1 aliphatic carbocycles. The first-order valence-electron chi connectivity index (χ1n) is 7.39. The van der Waals surface area contributed by atoms with E-state index in [0.717, 1.165) is 18.4 Å². The van der Waals surface area contributed by atoms with Crippen LogP contribution in [0.3, 0.4) is 0 Å². The molecule has 19 heavy (non-hydrogen) atoms. The largest absolute Gasteiger partial charge is 0.353 e. The predicted molar refractivity (Wildman–Crippen MR) is 79.3 cm³/mol. The Hall–Kier alpha value is -1.31. The fourth-order valence-corrected chi connectivity index (χ4v) is 2.45. The van der Waals surface area contributed by atoms with Crippen molar-refractivity contribution in [1.29, 1.82) is 0 Å². The van der Waals surface area contributed by atoms with Crippen LogP contribution in [-0.4, -0.2) is 11.9 Å². The zero-order chi connectivity index (χ0) is 14.0. The van der Waals surface area contributed by atoms with Crippen molar-refractivity contribution in [2.75, 3.05) is 0 Å². The highest BCUT2D eigenvalue weighted by Crippen LogP contribution is 2.28. The Morgan fingerprint density at radius 2 is 1.58 bits per heavy atom. The summed E-state index contributed by atoms with van der Waals surface area (Å²) in [5.74, 6) is 1.02. The molecular weight excluding hydrogens is 234 g/mol. The number of hydrogen-bond acceptors (Lipinski definition) is 1. The smallest absolute Gasteiger partial charge is 0.228 e. The molecule has 1 saturated carbocycles. The first-order valence-corrected chi connectivity index (χ1v) is 7.39. The molecule has 1 unspecified atom stereocenters. The van der Waals surface area contributed by atoms with E-state index in [9.17, 15) is 4.79 Å². The second-order valence-electron chi connectivity index (χ2n) is 6.33. The molecule has 0 bridgehead atoms. The zero-order valence-corrected chi connectivity index (χ0v) is 12.4. The molecule has 0 radical (unpaired) electrons. The number of benzene rings is 1. The maximum Gasteiger partial charge on any atom is 0.228 e. The average Bonchev–Trinajstić information content (AvgIpc) is 3.13. The van der Waals surface area contributed by atoms with Crippen molar-refractivity contribution in [3.63, 3.8) is 0 Å². The molecule has 0 heterocycles. The van der Waals surface area contributed by atoms with E-state index in [1.165, 1.54) is 5.56 Å². The van der Waals surface area contributed by atoms with Crippen LogP contribution in [0.2, 0.25) is 0 Å². The third-order valence-corrected chi connectivity index (χ3v) is 3.84. The van der Waals surface area contributed by atoms with E-state index >= 15 is 0 Å². The van der Waals surface area contributed by atoms with Gasteiger partial charge in [-0.2, -0.15) is 0 Å². The Balaban J connectivity index is 2.15. The van der Waals surface area contributed by atoms with E-state index in [2.05, 4.69) is 57.3 Å². The van der Waals surface area contributed by atoms with Gasteiger partial charge in [-0.05, 0) is 35.8 Å². The molecule has 1 aliphatic rings. The van der Waals surface area contributed by atoms with Crippen LogP contribution in [-0.2, 0) is 4.79 Å². The van der Waals surface area contributed by atoms with Crippen molar-refractivity contribution >= 4 is 5.91 Å². The third-order valence-electron chi connectivity index (χ3n) is 3.84. The van der Waals surface area contributed by atoms with Crippen molar-refractivity contribution < 1.29 is 4.79 Å². The maximum absolute atomic E-state index is 12.3. The van der Waals surface area contributed by atoms with E-state index in [4.69, 9.17) is 0 Å². The quantitative estimate of drug-likeness (QED) is 0.855. The summed E-state index contributed by atoms with van der Waals surface area (Å²) in [6, 6.07) is 8.97. The minimum Gasteiger partial charge on any atom is -0.353 e. The number of rotatable bonds is 5. The van der Waals surface area contributed by atoms with Crippen LogP contribution >= 0.6 is 0 Å². The van der Waals surface area contributed by atoms with Crippen molar-refractivity contribution in [3.8, 4) is 0 Å². The van der Waals surface area contributed by atoms with Crippen molar-refractivity contribution in [2.45, 2.75) is 58.4 Å². The van der Waals surface area contributed by atoms with Gasteiger partial charge in [0.25, 0.3) is 0 Å². The molecular formula is C17H25NO. The summed E-state index contributed by atoms with van der Waals surface area (Å²) in [5.41, 5.74) is 2.46. The maximum atomic E-state index is 12.3. The lowest BCUT2D eigenvalue weighted by atomic mass is 9.86. The van der Waals surface area contributed by atoms with E-state index < -0.39 is 0 Å². The summed E-state index contributed by atoms with van der Waals surface area (Å²) >= 11 is 0. The minimum absolute atomic E-state index is 0.0261. The molecule has 2 nitrogen and oxygen atoms in total. The van der Waals surface area contributed by atoms with Gasteiger partial charge in [-0.15, -0.1) is 0 Å². The summed E-state index contributed by atoms with van der Waals surface area (Å²) in [6.07, 6.45) is 2.28. The molecule has 1 N–H and O–H groups in total. The lowest BCUT2D eigenvalue weighted by Gasteiger charge is -2.21. The van der Waals surface area contributed by atoms with Gasteiger partial charge in [-0.25, -0.2) is 0 Å². The van der Waals surface area contributed by atoms with Gasteiger partial charge in [0.05, 0.1) is 5.92 Å². The van der Waals surface area contributed by atoms with Gasteiger partial charge in [0.1, 0.15) is 0 Å². The molecule has 2 rings (SSSR count). The summed E-state index contributed by atoms with van der Waals surface area (Å²) in [5, 5.41) is 3.13. The molecule has 2 heteroatoms. The fourth-order valence-electron chi connectivity index (χ4n) is 2.45. The summed E-state index contributed by atoms with van der Waals surface area (Å²) in [6.45, 7) is 8.62. The van der Waals surface area contributed by atoms with Crippen molar-refractivity contribution in [2.24, 2.45) is 5.92 Å². The lowest BCUT2D eigenvalue weighted by Crippen LogP contribution is -2.33. The van der Waals surface area contributed by atoms with Crippen LogP contribution in [0, 0.1) is 5.92 Å². The number of nitrogens with one attached hydrogen (secondary N) is 1. The molecule has 0 spiro atoms. The van der Waals surface area contributed by atoms with Gasteiger partial charge >= 0.3 is 0 Å². The molecule has 1 amide bonds. The topological polar surface area (TPSA) is 29.1 Å². The Kier molecular flexibility index (Phi) is 4.28. The van der Waals surface area contributed by atoms with Crippen molar-refractivity contribution in [3.05, 3.63) is 35.4 Å². The van der Waals surface area contributed by atoms with E-state index in [1.807, 2.05) is 0 Å². The fraction of sp³-hybridized carbons (Fsp3) is 0.588. The van der Waals surface area contributed by atoms with Gasteiger partial charge in [0, 0.05) is 6.04 Å². The Labute approximate surface area is 116 Å². The van der Waals surface area contributed by atoms with Gasteiger partial charge in [0.15, 0.2) is 0 Å². The van der Waals surface area contributed by atoms with E-state index in [1.54, 1.807) is 0 Å². The van der Waals surface area contributed by atoms with E-state index in [-0.39, 0.29) is 11.8 Å². The third kappa shape index (κ3) is 3.59. The van der Waals surface area contributed by atoms with Gasteiger partial charge in [-0.1, -0.05) is 52.0 Å². The molecule has 0 aliphatic heterocycles. The number of hydrogen-bond donors (Lipinski definition) is 1. The SMILES string of the molecule is CC(C)c1ccc(C(C(=O)NC2CC2)C(C)C)cc1. The molecule has 1 fully saturated rings. The zero-order valence-electron chi connectivity index (χ0n) is 12.4. The lowest BCUT2D eigenvalue weighted by molar-refractivity contribution is -0.123. The number of carbonyl (C=O) groups excluding carboxylic acids is 1. The van der Waals surface area contributed by atoms with Crippen LogP contribution in [0.25, 0.3) is 0 Å². The van der Waals surface area contributed by atoms with Crippen LogP contribution < -0.4 is 5.32 Å². The van der Waals surface area contributed by atoms with Crippen LogP contribution in [0.1, 0.15) is 63.5 Å². The standard InChI is InChI=1S/C17H25NO/c1-11(2)13-5-7-14(8-6-13)16(12(3)4)17(19)18-15-9-10-15/h5-8,11-12,15-16H,9-10H2,1-4H3,(H,18,19). The Morgan fingerprint density at radius 3 is 2.00 bits per heavy atom. The molecule has 0 aromatic heterocycles. The first kappa shape index (κ1) is 14.1. The average molecular weight is 259 g/mol. The van der Waals surface area contributed by atoms with Gasteiger partial charge < -0.3 is 5.32 Å². The molecule has 1 atom stereocenters. The highest BCUT2D eigenvalue weighted by Gasteiger charge is 2.30. The van der Waals surface area contributed by atoms with Gasteiger partial charge in [0.2, 0.25) is 5.91 Å². The second-order valence-corrected chi connectivity index (χ2v) is 6.33. The molecule has 0 saturated heterocycles. The molecule has 104 valence electrons. The second kappa shape index (κ2) is 5.77. The van der Waals surface area contributed by atoms with Gasteiger partial charge in [-0.3, -0.25) is 4.79 Å². The van der Waals surface area contributed by atoms with Crippen LogP contribution in [0.15, 0.2) is 24.3 Å². The number of carbonyl (C=O) groups is 1. The first-order chi connectivity index (χ1) is 8.99. The monoisotopic (exact) mass is 259 g/mol. The minimum atomic E-state index is -0.0261. The van der Waals surface area contributed by atoms with E-state index in [0.29, 0.717) is 17.9 Å². The Bertz CT molecular complexity index is 429. The van der Waals surface area contributed by atoms with Crippen molar-refractivity contribution in [1.82, 2.24) is 5.32 Å². The van der Waals surface area contributed by atoms with Crippen LogP contribution in [0.5, 0.6) is 0 Å². The summed E-state index contributed by atoms with van der Waals surface area (Å²) in [7, 11) is 0. The normalized spacial score (nSPS) is 16.7. The number of amides is 1. The highest BCUT2D eigenvalue weighted by molar-refractivity contribution is 5.84. The summed E-state index contributed by atoms with van der Waals surface area (Å²) in [4.78, 5) is 12.3. The molecule has 1 aromatic carbocycles. The predicted octanol–water partition coefficient (Wildman–Crippen LogP) is 3.83. The summed E-state index contributed by atoms with van der Waals surface area (Å²) < 4.78 is 0.